The van der Waals surface area contributed by atoms with E-state index in [9.17, 15) is 9.59 Å². The number of nitrogens with one attached hydrogen (secondary N) is 1. The number of nitrogens with zero attached hydrogens (tertiary/aromatic N) is 2. The molecule has 0 saturated carbocycles. The van der Waals surface area contributed by atoms with Crippen LogP contribution in [0.4, 0.5) is 5.69 Å². The summed E-state index contributed by atoms with van der Waals surface area (Å²) < 4.78 is 8.59. The Morgan fingerprint density at radius 3 is 2.50 bits per heavy atom. The molecule has 0 saturated heterocycles. The van der Waals surface area contributed by atoms with Crippen LogP contribution in [0.15, 0.2) is 24.3 Å². The maximum absolute atomic E-state index is 11.8. The van der Waals surface area contributed by atoms with Gasteiger partial charge in [-0.25, -0.2) is 4.79 Å². The van der Waals surface area contributed by atoms with E-state index in [1.54, 1.807) is 6.92 Å². The standard InChI is InChI=1S/C15H17N3O3S/c1-9(2)11-4-6-12(7-5-11)16-13(19)8-21-15(20)14-10(3)17-18-22-14/h4-7,9H,8H2,1-3H3,(H,16,19). The van der Waals surface area contributed by atoms with Crippen LogP contribution in [0.3, 0.4) is 0 Å². The number of hydrogen-bond donors (Lipinski definition) is 1. The highest BCUT2D eigenvalue weighted by Crippen LogP contribution is 2.17. The third kappa shape index (κ3) is 4.11. The lowest BCUT2D eigenvalue weighted by atomic mass is 10.0. The maximum Gasteiger partial charge on any atom is 0.352 e. The summed E-state index contributed by atoms with van der Waals surface area (Å²) in [6.45, 7) is 5.52. The number of amides is 1. The minimum absolute atomic E-state index is 0.314. The Balaban J connectivity index is 1.85. The van der Waals surface area contributed by atoms with Gasteiger partial charge in [0.25, 0.3) is 5.91 Å². The van der Waals surface area contributed by atoms with E-state index < -0.39 is 5.97 Å². The van der Waals surface area contributed by atoms with E-state index >= 15 is 0 Å². The average molecular weight is 319 g/mol. The quantitative estimate of drug-likeness (QED) is 0.857. The molecule has 116 valence electrons. The second-order valence-electron chi connectivity index (χ2n) is 5.09. The van der Waals surface area contributed by atoms with Crippen molar-refractivity contribution in [3.05, 3.63) is 40.4 Å². The van der Waals surface area contributed by atoms with Crippen molar-refractivity contribution in [1.29, 1.82) is 0 Å². The zero-order valence-corrected chi connectivity index (χ0v) is 13.4. The second kappa shape index (κ2) is 7.13. The van der Waals surface area contributed by atoms with E-state index in [0.717, 1.165) is 11.5 Å². The molecule has 0 aliphatic rings. The minimum atomic E-state index is -0.585. The zero-order chi connectivity index (χ0) is 16.1. The van der Waals surface area contributed by atoms with Crippen LogP contribution in [0.1, 0.15) is 40.7 Å². The van der Waals surface area contributed by atoms with E-state index in [-0.39, 0.29) is 12.5 Å². The third-order valence-corrected chi connectivity index (χ3v) is 3.84. The van der Waals surface area contributed by atoms with Crippen LogP contribution in [-0.4, -0.2) is 28.1 Å². The Kier molecular flexibility index (Phi) is 5.21. The molecule has 0 radical (unpaired) electrons. The van der Waals surface area contributed by atoms with Crippen LogP contribution in [-0.2, 0) is 9.53 Å². The summed E-state index contributed by atoms with van der Waals surface area (Å²) in [5.41, 5.74) is 2.36. The summed E-state index contributed by atoms with van der Waals surface area (Å²) in [4.78, 5) is 23.8. The number of aryl methyl sites for hydroxylation is 1. The van der Waals surface area contributed by atoms with Gasteiger partial charge in [0.05, 0.1) is 5.69 Å². The average Bonchev–Trinajstić information content (AvgIpc) is 2.91. The molecule has 0 bridgehead atoms. The van der Waals surface area contributed by atoms with Gasteiger partial charge < -0.3 is 10.1 Å². The van der Waals surface area contributed by atoms with E-state index in [4.69, 9.17) is 4.74 Å². The van der Waals surface area contributed by atoms with Crippen molar-refractivity contribution in [2.45, 2.75) is 26.7 Å². The molecule has 0 spiro atoms. The number of benzene rings is 1. The molecule has 0 aliphatic carbocycles. The number of anilines is 1. The highest BCUT2D eigenvalue weighted by molar-refractivity contribution is 7.07. The number of aromatic nitrogens is 2. The zero-order valence-electron chi connectivity index (χ0n) is 12.6. The fraction of sp³-hybridized carbons (Fsp3) is 0.333. The lowest BCUT2D eigenvalue weighted by molar-refractivity contribution is -0.119. The number of ether oxygens (including phenoxy) is 1. The van der Waals surface area contributed by atoms with Crippen LogP contribution < -0.4 is 5.32 Å². The summed E-state index contributed by atoms with van der Waals surface area (Å²) in [5, 5.41) is 6.40. The summed E-state index contributed by atoms with van der Waals surface area (Å²) in [6.07, 6.45) is 0. The topological polar surface area (TPSA) is 81.2 Å². The van der Waals surface area contributed by atoms with Crippen LogP contribution >= 0.6 is 11.5 Å². The van der Waals surface area contributed by atoms with Crippen molar-refractivity contribution >= 4 is 29.1 Å². The van der Waals surface area contributed by atoms with E-state index in [1.165, 1.54) is 5.56 Å². The minimum Gasteiger partial charge on any atom is -0.451 e. The number of rotatable bonds is 5. The molecule has 1 heterocycles. The van der Waals surface area contributed by atoms with Gasteiger partial charge in [-0.05, 0) is 42.1 Å². The molecule has 0 aliphatic heterocycles. The van der Waals surface area contributed by atoms with Gasteiger partial charge in [0, 0.05) is 5.69 Å². The van der Waals surface area contributed by atoms with Gasteiger partial charge in [-0.1, -0.05) is 30.5 Å². The van der Waals surface area contributed by atoms with Crippen molar-refractivity contribution in [1.82, 2.24) is 9.59 Å². The number of carbonyl (C=O) groups excluding carboxylic acids is 2. The molecular formula is C15H17N3O3S. The van der Waals surface area contributed by atoms with Crippen molar-refractivity contribution in [3.63, 3.8) is 0 Å². The molecule has 1 amide bonds. The molecule has 6 nitrogen and oxygen atoms in total. The molecule has 1 aromatic heterocycles. The normalized spacial score (nSPS) is 10.5. The molecule has 1 N–H and O–H groups in total. The SMILES string of the molecule is Cc1nnsc1C(=O)OCC(=O)Nc1ccc(C(C)C)cc1. The molecule has 0 atom stereocenters. The molecular weight excluding hydrogens is 302 g/mol. The summed E-state index contributed by atoms with van der Waals surface area (Å²) in [7, 11) is 0. The Morgan fingerprint density at radius 1 is 1.27 bits per heavy atom. The van der Waals surface area contributed by atoms with Crippen molar-refractivity contribution < 1.29 is 14.3 Å². The van der Waals surface area contributed by atoms with Gasteiger partial charge in [-0.15, -0.1) is 5.10 Å². The monoisotopic (exact) mass is 319 g/mol. The fourth-order valence-electron chi connectivity index (χ4n) is 1.76. The number of esters is 1. The first-order valence-electron chi connectivity index (χ1n) is 6.83. The predicted octanol–water partition coefficient (Wildman–Crippen LogP) is 2.77. The fourth-order valence-corrected chi connectivity index (χ4v) is 2.32. The smallest absolute Gasteiger partial charge is 0.352 e. The first-order valence-corrected chi connectivity index (χ1v) is 7.60. The molecule has 0 unspecified atom stereocenters. The van der Waals surface area contributed by atoms with Crippen LogP contribution in [0, 0.1) is 6.92 Å². The van der Waals surface area contributed by atoms with Crippen LogP contribution in [0.25, 0.3) is 0 Å². The molecule has 7 heteroatoms. The predicted molar refractivity (Wildman–Crippen MR) is 84.1 cm³/mol. The van der Waals surface area contributed by atoms with E-state index in [2.05, 4.69) is 28.8 Å². The number of hydrogen-bond acceptors (Lipinski definition) is 6. The third-order valence-electron chi connectivity index (χ3n) is 3.03. The molecule has 2 rings (SSSR count). The van der Waals surface area contributed by atoms with Crippen molar-refractivity contribution in [3.8, 4) is 0 Å². The van der Waals surface area contributed by atoms with Gasteiger partial charge in [-0.3, -0.25) is 4.79 Å². The summed E-state index contributed by atoms with van der Waals surface area (Å²) in [5.74, 6) is -0.541. The number of carbonyl (C=O) groups is 2. The van der Waals surface area contributed by atoms with E-state index in [1.807, 2.05) is 24.3 Å². The lowest BCUT2D eigenvalue weighted by Crippen LogP contribution is -2.20. The van der Waals surface area contributed by atoms with Crippen LogP contribution in [0.5, 0.6) is 0 Å². The Bertz CT molecular complexity index is 665. The second-order valence-corrected chi connectivity index (χ2v) is 5.84. The molecule has 0 fully saturated rings. The maximum atomic E-state index is 11.8. The van der Waals surface area contributed by atoms with Gasteiger partial charge in [0.1, 0.15) is 0 Å². The lowest BCUT2D eigenvalue weighted by Gasteiger charge is -2.08. The Labute approximate surface area is 132 Å². The first-order chi connectivity index (χ1) is 10.5. The highest BCUT2D eigenvalue weighted by atomic mass is 32.1. The highest BCUT2D eigenvalue weighted by Gasteiger charge is 2.16. The van der Waals surface area contributed by atoms with Crippen LogP contribution in [0.2, 0.25) is 0 Å². The van der Waals surface area contributed by atoms with Gasteiger partial charge in [0.2, 0.25) is 0 Å². The van der Waals surface area contributed by atoms with Crippen molar-refractivity contribution in [2.24, 2.45) is 0 Å². The Hall–Kier alpha value is -2.28. The first kappa shape index (κ1) is 16.1. The molecule has 2 aromatic rings. The van der Waals surface area contributed by atoms with Crippen molar-refractivity contribution in [2.75, 3.05) is 11.9 Å². The summed E-state index contributed by atoms with van der Waals surface area (Å²) >= 11 is 0.950. The van der Waals surface area contributed by atoms with Gasteiger partial charge in [0.15, 0.2) is 11.5 Å². The van der Waals surface area contributed by atoms with Gasteiger partial charge in [-0.2, -0.15) is 0 Å². The van der Waals surface area contributed by atoms with Gasteiger partial charge >= 0.3 is 5.97 Å². The molecule has 1 aromatic carbocycles. The summed E-state index contributed by atoms with van der Waals surface area (Å²) in [6, 6.07) is 7.57. The molecule has 22 heavy (non-hydrogen) atoms. The van der Waals surface area contributed by atoms with E-state index in [0.29, 0.717) is 22.2 Å². The Morgan fingerprint density at radius 2 is 1.95 bits per heavy atom. The largest absolute Gasteiger partial charge is 0.451 e.